The number of nitrogens with two attached hydrogens (primary N) is 7. The molecule has 4 atom stereocenters. The molecule has 26 nitrogen and oxygen atoms in total. The predicted octanol–water partition coefficient (Wildman–Crippen LogP) is 24.4. The van der Waals surface area contributed by atoms with E-state index in [1.54, 1.807) is 0 Å². The van der Waals surface area contributed by atoms with Crippen LogP contribution < -0.4 is 0 Å². The first kappa shape index (κ1) is 140. The summed E-state index contributed by atoms with van der Waals surface area (Å²) >= 11 is -7.53. The van der Waals surface area contributed by atoms with Gasteiger partial charge in [-0.25, -0.2) is 9.59 Å². The average molecular weight is 2770 g/mol. The second kappa shape index (κ2) is 103. The molecule has 0 aliphatic heterocycles. The summed E-state index contributed by atoms with van der Waals surface area (Å²) in [5, 5.41) is 46.6. The van der Waals surface area contributed by atoms with Gasteiger partial charge in [-0.1, -0.05) is 110 Å². The fraction of sp³-hybridized carbons (Fsp3) is 0.833. The number of nitrogens with one attached hydrogen (secondary N) is 7. The minimum Gasteiger partial charge on any atom is -0.693 e. The SMILES string of the molecule is CC(=O)O.CC(=O)O.CCC[NH-].CCC[NH-].O=C(O)C(=O)O.O=C(O)C1(C(=O)O)CCC1.[Cl][Pt+2]([Cl])([Cl])[Cl].[Cl][Pt+2]([Cl])([Cl])[Cl].[Cl][Pt+2][Cl].[Cl][Pt+2][Cl].[Cl][Pt+2][Cl].[NH-]C1CCCCC1.[NH-]C1CCCCC1[NH-].[NH-]C1CCCCC1[NH-].[NH2-].[NH2-].[NH2-].[NH2-].[NH2-].[NH2-].[NH2-].[Pt+2].[Pt+2]. The zero-order valence-corrected chi connectivity index (χ0v) is 71.2. The Labute approximate surface area is 609 Å². The van der Waals surface area contributed by atoms with Gasteiger partial charge >= 0.3 is 271 Å². The minimum atomic E-state index is -3.06. The molecule has 538 valence electrons. The van der Waals surface area contributed by atoms with Gasteiger partial charge < -0.3 is 114 Å². The van der Waals surface area contributed by atoms with Crippen LogP contribution in [-0.2, 0) is 144 Å². The van der Waals surface area contributed by atoms with Crippen molar-refractivity contribution in [1.29, 1.82) is 0 Å². The maximum Gasteiger partial charge on any atom is 2.00 e. The van der Waals surface area contributed by atoms with Crippen molar-refractivity contribution in [2.24, 2.45) is 5.41 Å². The van der Waals surface area contributed by atoms with Crippen LogP contribution in [0, 0.1) is 5.41 Å². The van der Waals surface area contributed by atoms with Gasteiger partial charge in [-0.3, -0.25) is 19.2 Å². The summed E-state index contributed by atoms with van der Waals surface area (Å²) < 4.78 is 0. The Kier molecular flexibility index (Phi) is 174. The molecule has 47 heteroatoms. The molecule has 0 amide bonds. The Morgan fingerprint density at radius 2 is 0.566 bits per heavy atom. The summed E-state index contributed by atoms with van der Waals surface area (Å²) in [7, 11) is 69.3. The number of rotatable bonds is 4. The molecule has 4 aliphatic rings. The van der Waals surface area contributed by atoms with Gasteiger partial charge in [0.1, 0.15) is 0 Å². The normalized spacial score (nSPS) is 16.8. The molecule has 4 aliphatic carbocycles. The Hall–Kier alpha value is 5.14. The Morgan fingerprint density at radius 1 is 0.422 bits per heavy atom. The van der Waals surface area contributed by atoms with Crippen LogP contribution in [0.15, 0.2) is 0 Å². The van der Waals surface area contributed by atoms with E-state index < -0.39 is 114 Å². The van der Waals surface area contributed by atoms with Gasteiger partial charge in [0.15, 0.2) is 5.41 Å². The van der Waals surface area contributed by atoms with Gasteiger partial charge in [0.2, 0.25) is 0 Å². The van der Waals surface area contributed by atoms with Crippen molar-refractivity contribution in [1.82, 2.24) is 0 Å². The number of carboxylic acids is 6. The fourth-order valence-electron chi connectivity index (χ4n) is 4.41. The average Bonchev–Trinajstić information content (AvgIpc) is 3.23. The molecule has 4 saturated carbocycles. The van der Waals surface area contributed by atoms with Crippen molar-refractivity contribution < 1.29 is 175 Å². The van der Waals surface area contributed by atoms with E-state index in [0.29, 0.717) is 19.5 Å². The largest absolute Gasteiger partial charge is 2.00 e. The molecule has 0 radical (unpaired) electrons. The van der Waals surface area contributed by atoms with E-state index in [9.17, 15) is 9.59 Å². The second-order valence-corrected chi connectivity index (χ2v) is 62.9. The first-order valence-electron chi connectivity index (χ1n) is 20.4. The van der Waals surface area contributed by atoms with E-state index in [4.69, 9.17) is 222 Å². The van der Waals surface area contributed by atoms with Gasteiger partial charge in [-0.2, -0.15) is 37.3 Å². The van der Waals surface area contributed by atoms with E-state index in [0.717, 1.165) is 65.2 Å². The summed E-state index contributed by atoms with van der Waals surface area (Å²) in [6.07, 6.45) is 18.0. The van der Waals surface area contributed by atoms with Crippen LogP contribution in [0.5, 0.6) is 0 Å². The molecule has 0 saturated heterocycles. The molecule has 0 bridgehead atoms. The quantitative estimate of drug-likeness (QED) is 0.113. The Morgan fingerprint density at radius 3 is 0.614 bits per heavy atom. The monoisotopic (exact) mass is 2760 g/mol. The topological polar surface area (TPSA) is 625 Å². The van der Waals surface area contributed by atoms with Crippen molar-refractivity contribution in [2.75, 3.05) is 13.1 Å². The zero-order valence-electron chi connectivity index (χ0n) is 44.7. The standard InChI is InChI=1S/2C6H12N2.C6H12N.C6H8O4.2C3H8N.C2H2O4.2C2H4O2.14ClH.7H2N.7Pt/c2*7-5-3-1-2-4-6(5)8;7-6-4-2-1-3-5-6;7-4(8)6(5(9)10)2-1-3-6;2*1-2-3-4;3-1(4)2(5)6;2*1-2(3)4;;;;;;;;;;;;;;;;;;;;;;;;;;;;/h2*5-8H,1-4H2;6-7H,1-5H2;1-3H2,(H,7,8)(H,9,10);2*4H,2-3H2,1H3;(H,3,4)(H,5,6);2*1H3,(H,3,4);14*1H;7*1H2;;;;;;;/q2*-2;-1;;2*-1;;;;;;;;;;;;;;;;;;7*-1;2*+2;3*+4;2*+6/p-14. The summed E-state index contributed by atoms with van der Waals surface area (Å²) in [6.45, 7) is 7.29. The summed E-state index contributed by atoms with van der Waals surface area (Å²) in [5.74, 6) is -7.72. The van der Waals surface area contributed by atoms with Gasteiger partial charge in [-0.15, -0.1) is 6.04 Å². The van der Waals surface area contributed by atoms with Crippen LogP contribution in [0.3, 0.4) is 0 Å². The summed E-state index contributed by atoms with van der Waals surface area (Å²) in [4.78, 5) is 56.9. The first-order valence-corrected chi connectivity index (χ1v) is 59.8. The van der Waals surface area contributed by atoms with Crippen molar-refractivity contribution in [2.45, 2.75) is 173 Å². The molecule has 83 heavy (non-hydrogen) atoms. The van der Waals surface area contributed by atoms with Crippen molar-refractivity contribution >= 4 is 168 Å². The van der Waals surface area contributed by atoms with Crippen LogP contribution in [0.25, 0.3) is 83.2 Å². The number of aliphatic carboxylic acids is 6. The number of halogens is 14. The third kappa shape index (κ3) is 169. The molecule has 0 aromatic rings. The van der Waals surface area contributed by atoms with Gasteiger partial charge in [0, 0.05) is 13.8 Å². The molecule has 27 N–H and O–H groups in total. The van der Waals surface area contributed by atoms with Crippen LogP contribution in [0.2, 0.25) is 0 Å². The second-order valence-electron chi connectivity index (χ2n) is 13.7. The first-order chi connectivity index (χ1) is 33.8. The van der Waals surface area contributed by atoms with E-state index in [1.807, 2.05) is 13.8 Å². The number of hydrogen-bond acceptors (Lipinski definition) is 6. The van der Waals surface area contributed by atoms with E-state index >= 15 is 0 Å². The van der Waals surface area contributed by atoms with Gasteiger partial charge in [0.25, 0.3) is 11.9 Å². The summed E-state index contributed by atoms with van der Waals surface area (Å²) in [5.41, 5.74) is 47.9. The van der Waals surface area contributed by atoms with Gasteiger partial charge in [0.05, 0.1) is 0 Å². The Balaban J connectivity index is -0.0000000315. The van der Waals surface area contributed by atoms with Gasteiger partial charge in [-0.05, 0) is 19.3 Å². The van der Waals surface area contributed by atoms with E-state index in [1.165, 1.54) is 44.9 Å². The number of carboxylic acid groups (broad SMARTS) is 6. The van der Waals surface area contributed by atoms with E-state index in [-0.39, 0.29) is 128 Å². The maximum absolute atomic E-state index is 10.4. The van der Waals surface area contributed by atoms with Crippen molar-refractivity contribution in [3.63, 3.8) is 0 Å². The molecule has 4 rings (SSSR count). The predicted molar refractivity (Wildman–Crippen MR) is 332 cm³/mol. The molecular weight excluding hydrogens is 2680 g/mol. The number of hydrogen-bond donors (Lipinski definition) is 6. The van der Waals surface area contributed by atoms with Crippen LogP contribution in [0.1, 0.15) is 143 Å². The molecule has 0 heterocycles. The number of carbonyl (C=O) groups is 6. The Bertz CT molecular complexity index is 1190. The summed E-state index contributed by atoms with van der Waals surface area (Å²) in [6, 6.07) is -0.0336. The van der Waals surface area contributed by atoms with Crippen LogP contribution >= 0.6 is 132 Å². The smallest absolute Gasteiger partial charge is 0.693 e. The zero-order chi connectivity index (χ0) is 61.1. The van der Waals surface area contributed by atoms with Crippen molar-refractivity contribution in [3.05, 3.63) is 83.2 Å². The maximum atomic E-state index is 10.4. The minimum absolute atomic E-state index is 0. The molecule has 4 fully saturated rings. The van der Waals surface area contributed by atoms with Crippen molar-refractivity contribution in [3.8, 4) is 0 Å². The molecule has 0 aromatic heterocycles. The molecule has 0 spiro atoms. The molecule has 4 unspecified atom stereocenters. The van der Waals surface area contributed by atoms with Crippen LogP contribution in [-0.4, -0.2) is 110 Å². The molecular formula is C36H84Cl14N14O12Pt7. The third-order valence-corrected chi connectivity index (χ3v) is 7.85. The molecule has 0 aromatic carbocycles. The third-order valence-electron chi connectivity index (χ3n) is 7.85. The van der Waals surface area contributed by atoms with Crippen LogP contribution in [0.4, 0.5) is 0 Å². The van der Waals surface area contributed by atoms with E-state index in [2.05, 4.69) is 0 Å². The fourth-order valence-corrected chi connectivity index (χ4v) is 4.41.